The van der Waals surface area contributed by atoms with Gasteiger partial charge in [0.15, 0.2) is 0 Å². The van der Waals surface area contributed by atoms with E-state index in [-0.39, 0.29) is 1.43 Å². The van der Waals surface area contributed by atoms with Gasteiger partial charge in [0.25, 0.3) is 0 Å². The van der Waals surface area contributed by atoms with Crippen LogP contribution in [0.4, 0.5) is 0 Å². The van der Waals surface area contributed by atoms with E-state index in [1.54, 1.807) is 0 Å². The molecule has 1 aliphatic rings. The first-order chi connectivity index (χ1) is 5.29. The van der Waals surface area contributed by atoms with Crippen LogP contribution in [-0.4, -0.2) is 9.78 Å². The number of fused-ring (bicyclic) bond motifs is 1. The lowest BCUT2D eigenvalue weighted by Gasteiger charge is -2.09. The number of hydrogen-bond donors (Lipinski definition) is 1. The molecule has 1 aliphatic carbocycles. The molecule has 0 atom stereocenters. The van der Waals surface area contributed by atoms with Crippen LogP contribution in [0.5, 0.6) is 0 Å². The molecule has 0 saturated heterocycles. The van der Waals surface area contributed by atoms with E-state index in [1.165, 1.54) is 5.69 Å². The van der Waals surface area contributed by atoms with E-state index in [9.17, 15) is 0 Å². The van der Waals surface area contributed by atoms with Crippen LogP contribution in [0, 0.1) is 0 Å². The van der Waals surface area contributed by atoms with Crippen molar-refractivity contribution in [2.45, 2.75) is 12.8 Å². The van der Waals surface area contributed by atoms with Gasteiger partial charge in [0.2, 0.25) is 0 Å². The van der Waals surface area contributed by atoms with Gasteiger partial charge in [-0.05, 0) is 12.8 Å². The predicted octanol–water partition coefficient (Wildman–Crippen LogP) is 0.912. The average Bonchev–Trinajstić information content (AvgIpc) is 2.35. The number of nitrogens with zero attached hydrogens (tertiary/aromatic N) is 2. The molecule has 0 amide bonds. The molecule has 1 aromatic rings. The summed E-state index contributed by atoms with van der Waals surface area (Å²) in [6, 6.07) is 0. The highest BCUT2D eigenvalue weighted by molar-refractivity contribution is 5.65. The molecule has 2 N–H and O–H groups in total. The standard InChI is InChI=1S/C8H11N3.H2/c1-11-8-4-2-3-7(9)6(8)5-10-11;/h3,5H,2,4,9H2,1H3;1H. The van der Waals surface area contributed by atoms with Crippen molar-refractivity contribution in [1.82, 2.24) is 9.78 Å². The first kappa shape index (κ1) is 6.46. The number of rotatable bonds is 0. The smallest absolute Gasteiger partial charge is 0.0585 e. The molecule has 1 heterocycles. The number of aromatic nitrogens is 2. The van der Waals surface area contributed by atoms with Crippen molar-refractivity contribution >= 4 is 5.70 Å². The Hall–Kier alpha value is -1.25. The monoisotopic (exact) mass is 151 g/mol. The van der Waals surface area contributed by atoms with Crippen LogP contribution in [0.1, 0.15) is 19.1 Å². The Morgan fingerprint density at radius 2 is 2.55 bits per heavy atom. The summed E-state index contributed by atoms with van der Waals surface area (Å²) < 4.78 is 1.90. The zero-order chi connectivity index (χ0) is 7.84. The quantitative estimate of drug-likeness (QED) is 0.599. The van der Waals surface area contributed by atoms with Crippen molar-refractivity contribution in [3.63, 3.8) is 0 Å². The Bertz CT molecular complexity index is 314. The number of hydrogen-bond acceptors (Lipinski definition) is 2. The first-order valence-electron chi connectivity index (χ1n) is 3.76. The van der Waals surface area contributed by atoms with Crippen molar-refractivity contribution in [1.29, 1.82) is 0 Å². The van der Waals surface area contributed by atoms with Crippen LogP contribution in [0.25, 0.3) is 5.70 Å². The van der Waals surface area contributed by atoms with E-state index in [0.29, 0.717) is 0 Å². The summed E-state index contributed by atoms with van der Waals surface area (Å²) in [4.78, 5) is 0. The molecule has 3 heteroatoms. The van der Waals surface area contributed by atoms with E-state index < -0.39 is 0 Å². The fourth-order valence-electron chi connectivity index (χ4n) is 1.47. The van der Waals surface area contributed by atoms with E-state index in [0.717, 1.165) is 24.1 Å². The summed E-state index contributed by atoms with van der Waals surface area (Å²) in [5.74, 6) is 0. The largest absolute Gasteiger partial charge is 0.398 e. The molecule has 0 bridgehead atoms. The molecule has 0 unspecified atom stereocenters. The summed E-state index contributed by atoms with van der Waals surface area (Å²) in [6.07, 6.45) is 6.00. The SMILES string of the molecule is Cn1ncc2c1CCC=C2N.[HH]. The maximum absolute atomic E-state index is 5.77. The average molecular weight is 151 g/mol. The minimum atomic E-state index is 0. The molecule has 11 heavy (non-hydrogen) atoms. The van der Waals surface area contributed by atoms with Gasteiger partial charge in [-0.15, -0.1) is 0 Å². The Balaban J connectivity index is 0.000000720. The first-order valence-corrected chi connectivity index (χ1v) is 3.76. The van der Waals surface area contributed by atoms with Gasteiger partial charge >= 0.3 is 0 Å². The van der Waals surface area contributed by atoms with E-state index >= 15 is 0 Å². The van der Waals surface area contributed by atoms with Crippen LogP contribution >= 0.6 is 0 Å². The van der Waals surface area contributed by atoms with Gasteiger partial charge < -0.3 is 5.73 Å². The molecular weight excluding hydrogens is 138 g/mol. The summed E-state index contributed by atoms with van der Waals surface area (Å²) in [5, 5.41) is 4.14. The summed E-state index contributed by atoms with van der Waals surface area (Å²) >= 11 is 0. The Morgan fingerprint density at radius 3 is 3.27 bits per heavy atom. The van der Waals surface area contributed by atoms with Crippen LogP contribution in [0.15, 0.2) is 12.3 Å². The molecule has 3 nitrogen and oxygen atoms in total. The molecule has 0 saturated carbocycles. The van der Waals surface area contributed by atoms with Crippen LogP contribution in [0.2, 0.25) is 0 Å². The lowest BCUT2D eigenvalue weighted by molar-refractivity contribution is 0.703. The molecule has 0 spiro atoms. The number of allylic oxidation sites excluding steroid dienone is 1. The van der Waals surface area contributed by atoms with Crippen molar-refractivity contribution in [2.24, 2.45) is 12.8 Å². The molecule has 0 fully saturated rings. The molecule has 60 valence electrons. The maximum Gasteiger partial charge on any atom is 0.0585 e. The summed E-state index contributed by atoms with van der Waals surface area (Å²) in [7, 11) is 1.96. The van der Waals surface area contributed by atoms with Gasteiger partial charge in [-0.1, -0.05) is 6.08 Å². The Labute approximate surface area is 67.0 Å². The van der Waals surface area contributed by atoms with Gasteiger partial charge in [-0.2, -0.15) is 5.10 Å². The third-order valence-electron chi connectivity index (χ3n) is 2.12. The van der Waals surface area contributed by atoms with Gasteiger partial charge in [-0.25, -0.2) is 0 Å². The van der Waals surface area contributed by atoms with Crippen molar-refractivity contribution in [3.8, 4) is 0 Å². The molecule has 0 radical (unpaired) electrons. The van der Waals surface area contributed by atoms with Crippen LogP contribution in [0.3, 0.4) is 0 Å². The van der Waals surface area contributed by atoms with E-state index in [4.69, 9.17) is 5.73 Å². The molecular formula is C8H13N3. The Morgan fingerprint density at radius 1 is 1.73 bits per heavy atom. The highest BCUT2D eigenvalue weighted by Gasteiger charge is 2.13. The summed E-state index contributed by atoms with van der Waals surface area (Å²) in [6.45, 7) is 0. The van der Waals surface area contributed by atoms with Gasteiger partial charge in [-0.3, -0.25) is 4.68 Å². The highest BCUT2D eigenvalue weighted by atomic mass is 15.3. The number of nitrogens with two attached hydrogens (primary N) is 1. The highest BCUT2D eigenvalue weighted by Crippen LogP contribution is 2.21. The normalized spacial score (nSPS) is 15.9. The third kappa shape index (κ3) is 0.843. The van der Waals surface area contributed by atoms with Crippen LogP contribution < -0.4 is 5.73 Å². The van der Waals surface area contributed by atoms with Crippen LogP contribution in [-0.2, 0) is 13.5 Å². The summed E-state index contributed by atoms with van der Waals surface area (Å²) in [5.41, 5.74) is 9.01. The number of aryl methyl sites for hydroxylation is 1. The molecule has 0 aromatic carbocycles. The van der Waals surface area contributed by atoms with E-state index in [2.05, 4.69) is 11.2 Å². The minimum Gasteiger partial charge on any atom is -0.398 e. The van der Waals surface area contributed by atoms with Gasteiger partial charge in [0, 0.05) is 25.4 Å². The van der Waals surface area contributed by atoms with Crippen molar-refractivity contribution < 1.29 is 1.43 Å². The predicted molar refractivity (Wildman–Crippen MR) is 45.8 cm³/mol. The maximum atomic E-state index is 5.77. The van der Waals surface area contributed by atoms with Crippen molar-refractivity contribution in [2.75, 3.05) is 0 Å². The van der Waals surface area contributed by atoms with E-state index in [1.807, 2.05) is 17.9 Å². The van der Waals surface area contributed by atoms with Gasteiger partial charge in [0.1, 0.15) is 0 Å². The lowest BCUT2D eigenvalue weighted by Crippen LogP contribution is -2.07. The zero-order valence-corrected chi connectivity index (χ0v) is 6.54. The third-order valence-corrected chi connectivity index (χ3v) is 2.12. The fourth-order valence-corrected chi connectivity index (χ4v) is 1.47. The fraction of sp³-hybridized carbons (Fsp3) is 0.375. The molecule has 1 aromatic heterocycles. The topological polar surface area (TPSA) is 43.8 Å². The minimum absolute atomic E-state index is 0. The second-order valence-corrected chi connectivity index (χ2v) is 2.83. The van der Waals surface area contributed by atoms with Crippen molar-refractivity contribution in [3.05, 3.63) is 23.5 Å². The second kappa shape index (κ2) is 2.12. The molecule has 0 aliphatic heterocycles. The van der Waals surface area contributed by atoms with Gasteiger partial charge in [0.05, 0.1) is 6.20 Å². The zero-order valence-electron chi connectivity index (χ0n) is 6.54. The molecule has 2 rings (SSSR count). The second-order valence-electron chi connectivity index (χ2n) is 2.83. The Kier molecular flexibility index (Phi) is 1.24. The lowest BCUT2D eigenvalue weighted by atomic mass is 10.0.